The summed E-state index contributed by atoms with van der Waals surface area (Å²) in [5, 5.41) is 14.7. The van der Waals surface area contributed by atoms with Gasteiger partial charge in [0, 0.05) is 37.1 Å². The number of carboxylic acid groups (broad SMARTS) is 1. The second kappa shape index (κ2) is 9.43. The van der Waals surface area contributed by atoms with Crippen LogP contribution < -0.4 is 15.6 Å². The fraction of sp³-hybridized carbons (Fsp3) is 0.208. The van der Waals surface area contributed by atoms with E-state index in [4.69, 9.17) is 0 Å². The van der Waals surface area contributed by atoms with Crippen LogP contribution in [-0.4, -0.2) is 62.7 Å². The maximum Gasteiger partial charge on any atom is 0.341 e. The molecule has 37 heavy (non-hydrogen) atoms. The van der Waals surface area contributed by atoms with Gasteiger partial charge < -0.3 is 20.1 Å². The van der Waals surface area contributed by atoms with Gasteiger partial charge in [0.05, 0.1) is 24.0 Å². The minimum absolute atomic E-state index is 0.204. The average Bonchev–Trinajstić information content (AvgIpc) is 3.37. The Morgan fingerprint density at radius 3 is 2.62 bits per heavy atom. The molecule has 1 saturated heterocycles. The number of hydrogen-bond donors (Lipinski definition) is 2. The molecule has 1 fully saturated rings. The second-order valence-corrected chi connectivity index (χ2v) is 9.25. The van der Waals surface area contributed by atoms with E-state index in [9.17, 15) is 24.3 Å². The maximum atomic E-state index is 12.9. The van der Waals surface area contributed by atoms with Gasteiger partial charge in [-0.1, -0.05) is 0 Å². The molecule has 1 aliphatic heterocycles. The Morgan fingerprint density at radius 1 is 1.22 bits per heavy atom. The molecule has 5 heterocycles. The predicted octanol–water partition coefficient (Wildman–Crippen LogP) is 2.11. The molecular formula is C24H20N6O6S. The lowest BCUT2D eigenvalue weighted by atomic mass is 9.98. The number of nitrogens with zero attached hydrogens (tertiary/aromatic N) is 5. The molecule has 1 aliphatic rings. The minimum atomic E-state index is -1.33. The van der Waals surface area contributed by atoms with E-state index in [1.165, 1.54) is 47.5 Å². The zero-order valence-corrected chi connectivity index (χ0v) is 20.5. The number of amides is 1. The molecule has 0 bridgehead atoms. The highest BCUT2D eigenvalue weighted by atomic mass is 32.1. The van der Waals surface area contributed by atoms with Crippen LogP contribution in [-0.2, 0) is 9.53 Å². The number of thiazole rings is 1. The van der Waals surface area contributed by atoms with Crippen LogP contribution in [0.1, 0.15) is 26.3 Å². The number of esters is 1. The molecule has 5 rings (SSSR count). The summed E-state index contributed by atoms with van der Waals surface area (Å²) in [6, 6.07) is 4.75. The molecule has 12 nitrogen and oxygen atoms in total. The summed E-state index contributed by atoms with van der Waals surface area (Å²) in [5.41, 5.74) is 0.163. The Hall–Kier alpha value is -4.65. The summed E-state index contributed by atoms with van der Waals surface area (Å²) in [5.74, 6) is -1.52. The van der Waals surface area contributed by atoms with E-state index in [1.54, 1.807) is 24.6 Å². The van der Waals surface area contributed by atoms with Gasteiger partial charge in [-0.15, -0.1) is 11.3 Å². The molecule has 2 N–H and O–H groups in total. The van der Waals surface area contributed by atoms with Gasteiger partial charge in [0.1, 0.15) is 17.2 Å². The quantitative estimate of drug-likeness (QED) is 0.361. The molecule has 0 aromatic carbocycles. The first-order valence-electron chi connectivity index (χ1n) is 11.1. The zero-order chi connectivity index (χ0) is 26.3. The Balaban J connectivity index is 1.38. The number of fused-ring (bicyclic) bond motifs is 1. The number of carbonyl (C=O) groups is 3. The van der Waals surface area contributed by atoms with Crippen molar-refractivity contribution in [1.82, 2.24) is 19.5 Å². The standard InChI is InChI=1S/C24H20N6O6S/c1-12-7-17(28-20-18(12)19(31)15(22(33)34)11-30(20)24-25-5-6-37-24)29-9-14(10-29)21(32)27-16-4-3-13(8-26-16)23(35)36-2/h3-8,11,14H,9-10H2,1-2H3,(H,33,34)(H,26,27,32). The number of methoxy groups -OCH3 is 1. The number of anilines is 2. The SMILES string of the molecule is COC(=O)c1ccc(NC(=O)C2CN(c3cc(C)c4c(=O)c(C(=O)O)cn(-c5nccs5)c4n3)C2)nc1. The second-order valence-electron chi connectivity index (χ2n) is 8.37. The van der Waals surface area contributed by atoms with Crippen molar-refractivity contribution in [2.24, 2.45) is 5.92 Å². The molecule has 4 aromatic rings. The van der Waals surface area contributed by atoms with Crippen molar-refractivity contribution < 1.29 is 24.2 Å². The van der Waals surface area contributed by atoms with Gasteiger partial charge in [-0.25, -0.2) is 24.5 Å². The lowest BCUT2D eigenvalue weighted by Crippen LogP contribution is -2.52. The fourth-order valence-corrected chi connectivity index (χ4v) is 4.66. The average molecular weight is 521 g/mol. The summed E-state index contributed by atoms with van der Waals surface area (Å²) in [4.78, 5) is 63.7. The number of nitrogens with one attached hydrogen (secondary N) is 1. The highest BCUT2D eigenvalue weighted by Crippen LogP contribution is 2.29. The lowest BCUT2D eigenvalue weighted by Gasteiger charge is -2.39. The smallest absolute Gasteiger partial charge is 0.341 e. The van der Waals surface area contributed by atoms with Crippen molar-refractivity contribution in [2.45, 2.75) is 6.92 Å². The van der Waals surface area contributed by atoms with Gasteiger partial charge in [-0.05, 0) is 30.7 Å². The molecule has 13 heteroatoms. The lowest BCUT2D eigenvalue weighted by molar-refractivity contribution is -0.120. The Kier molecular flexibility index (Phi) is 6.13. The molecule has 1 amide bonds. The molecule has 0 spiro atoms. The number of aromatic carboxylic acids is 1. The molecule has 0 radical (unpaired) electrons. The van der Waals surface area contributed by atoms with Crippen LogP contribution in [0.3, 0.4) is 0 Å². The first-order valence-corrected chi connectivity index (χ1v) is 11.9. The van der Waals surface area contributed by atoms with Crippen molar-refractivity contribution in [1.29, 1.82) is 0 Å². The van der Waals surface area contributed by atoms with E-state index in [1.807, 2.05) is 4.90 Å². The van der Waals surface area contributed by atoms with Gasteiger partial charge in [0.2, 0.25) is 11.3 Å². The van der Waals surface area contributed by atoms with E-state index in [0.717, 1.165) is 0 Å². The number of hydrogen-bond acceptors (Lipinski definition) is 10. The Labute approximate surface area is 213 Å². The van der Waals surface area contributed by atoms with Crippen LogP contribution in [0.5, 0.6) is 0 Å². The summed E-state index contributed by atoms with van der Waals surface area (Å²) < 4.78 is 6.15. The van der Waals surface area contributed by atoms with E-state index < -0.39 is 17.4 Å². The van der Waals surface area contributed by atoms with Crippen LogP contribution in [0.4, 0.5) is 11.6 Å². The summed E-state index contributed by atoms with van der Waals surface area (Å²) >= 11 is 1.28. The van der Waals surface area contributed by atoms with E-state index in [2.05, 4.69) is 25.0 Å². The van der Waals surface area contributed by atoms with Crippen LogP contribution in [0.15, 0.2) is 47.0 Å². The van der Waals surface area contributed by atoms with Crippen LogP contribution in [0.25, 0.3) is 16.2 Å². The van der Waals surface area contributed by atoms with Gasteiger partial charge in [-0.2, -0.15) is 0 Å². The molecule has 0 aliphatic carbocycles. The third-order valence-corrected chi connectivity index (χ3v) is 6.78. The first-order chi connectivity index (χ1) is 17.8. The van der Waals surface area contributed by atoms with E-state index >= 15 is 0 Å². The Morgan fingerprint density at radius 2 is 2.00 bits per heavy atom. The highest BCUT2D eigenvalue weighted by Gasteiger charge is 2.34. The normalized spacial score (nSPS) is 13.3. The van der Waals surface area contributed by atoms with Crippen LogP contribution >= 0.6 is 11.3 Å². The largest absolute Gasteiger partial charge is 0.477 e. The topological polar surface area (TPSA) is 157 Å². The number of ether oxygens (including phenoxy) is 1. The van der Waals surface area contributed by atoms with Crippen LogP contribution in [0, 0.1) is 12.8 Å². The number of carbonyl (C=O) groups excluding carboxylic acids is 2. The number of aromatic nitrogens is 4. The van der Waals surface area contributed by atoms with Crippen molar-refractivity contribution in [2.75, 3.05) is 30.4 Å². The number of carboxylic acids is 1. The minimum Gasteiger partial charge on any atom is -0.477 e. The third-order valence-electron chi connectivity index (χ3n) is 6.01. The maximum absolute atomic E-state index is 12.9. The van der Waals surface area contributed by atoms with Crippen molar-refractivity contribution in [3.63, 3.8) is 0 Å². The first kappa shape index (κ1) is 24.1. The molecule has 188 valence electrons. The van der Waals surface area contributed by atoms with Gasteiger partial charge in [0.15, 0.2) is 10.8 Å². The summed E-state index contributed by atoms with van der Waals surface area (Å²) in [6.07, 6.45) is 4.15. The highest BCUT2D eigenvalue weighted by molar-refractivity contribution is 7.12. The molecular weight excluding hydrogens is 500 g/mol. The van der Waals surface area contributed by atoms with Crippen molar-refractivity contribution in [3.8, 4) is 5.13 Å². The predicted molar refractivity (Wildman–Crippen MR) is 135 cm³/mol. The van der Waals surface area contributed by atoms with E-state index in [0.29, 0.717) is 41.1 Å². The van der Waals surface area contributed by atoms with Gasteiger partial charge >= 0.3 is 11.9 Å². The molecule has 4 aromatic heterocycles. The fourth-order valence-electron chi connectivity index (χ4n) is 4.04. The monoisotopic (exact) mass is 520 g/mol. The van der Waals surface area contributed by atoms with Gasteiger partial charge in [0.25, 0.3) is 0 Å². The number of pyridine rings is 3. The molecule has 0 saturated carbocycles. The zero-order valence-electron chi connectivity index (χ0n) is 19.7. The Bertz CT molecular complexity index is 1590. The summed E-state index contributed by atoms with van der Waals surface area (Å²) in [7, 11) is 1.28. The molecule has 0 unspecified atom stereocenters. The van der Waals surface area contributed by atoms with Crippen LogP contribution in [0.2, 0.25) is 0 Å². The molecule has 0 atom stereocenters. The summed E-state index contributed by atoms with van der Waals surface area (Å²) in [6.45, 7) is 2.50. The van der Waals surface area contributed by atoms with E-state index in [-0.39, 0.29) is 28.3 Å². The number of aryl methyl sites for hydroxylation is 1. The van der Waals surface area contributed by atoms with Crippen molar-refractivity contribution >= 4 is 51.9 Å². The van der Waals surface area contributed by atoms with Gasteiger partial charge in [-0.3, -0.25) is 14.2 Å². The van der Waals surface area contributed by atoms with Crippen molar-refractivity contribution in [3.05, 3.63) is 69.1 Å². The third kappa shape index (κ3) is 4.40. The number of rotatable bonds is 6.